The van der Waals surface area contributed by atoms with Gasteiger partial charge in [-0.1, -0.05) is 6.92 Å². The molecule has 0 aromatic carbocycles. The molecule has 1 aromatic rings. The molecule has 96 valence electrons. The Hall–Kier alpha value is -0.870. The van der Waals surface area contributed by atoms with Crippen molar-refractivity contribution in [3.63, 3.8) is 0 Å². The van der Waals surface area contributed by atoms with Gasteiger partial charge in [-0.25, -0.2) is 0 Å². The molecule has 0 saturated heterocycles. The average molecular weight is 254 g/mol. The predicted octanol–water partition coefficient (Wildman–Crippen LogP) is 2.18. The second-order valence-corrected chi connectivity index (χ2v) is 5.27. The third-order valence-electron chi connectivity index (χ3n) is 2.75. The fraction of sp³-hybridized carbons (Fsp3) is 0.615. The van der Waals surface area contributed by atoms with E-state index in [2.05, 4.69) is 41.3 Å². The lowest BCUT2D eigenvalue weighted by Gasteiger charge is -2.15. The van der Waals surface area contributed by atoms with Crippen LogP contribution in [0.2, 0.25) is 0 Å². The van der Waals surface area contributed by atoms with E-state index in [0.717, 1.165) is 12.8 Å². The highest BCUT2D eigenvalue weighted by molar-refractivity contribution is 7.07. The first kappa shape index (κ1) is 14.2. The minimum atomic E-state index is 0.0769. The molecule has 2 N–H and O–H groups in total. The van der Waals surface area contributed by atoms with Crippen molar-refractivity contribution < 1.29 is 4.79 Å². The van der Waals surface area contributed by atoms with Gasteiger partial charge in [0.05, 0.1) is 6.54 Å². The van der Waals surface area contributed by atoms with Crippen molar-refractivity contribution in [1.29, 1.82) is 0 Å². The monoisotopic (exact) mass is 254 g/mol. The minimum absolute atomic E-state index is 0.0769. The van der Waals surface area contributed by atoms with Crippen LogP contribution < -0.4 is 10.6 Å². The van der Waals surface area contributed by atoms with Crippen LogP contribution in [0.15, 0.2) is 16.8 Å². The van der Waals surface area contributed by atoms with Gasteiger partial charge in [-0.2, -0.15) is 11.3 Å². The summed E-state index contributed by atoms with van der Waals surface area (Å²) in [6, 6.07) is 2.69. The molecule has 0 radical (unpaired) electrons. The Kier molecular flexibility index (Phi) is 6.22. The van der Waals surface area contributed by atoms with E-state index in [1.807, 2.05) is 6.92 Å². The van der Waals surface area contributed by atoms with E-state index in [1.165, 1.54) is 5.56 Å². The molecule has 0 fully saturated rings. The molecule has 2 atom stereocenters. The Morgan fingerprint density at radius 3 is 2.76 bits per heavy atom. The number of carbonyl (C=O) groups excluding carboxylic acids is 1. The molecular formula is C13H22N2OS. The van der Waals surface area contributed by atoms with Gasteiger partial charge >= 0.3 is 0 Å². The van der Waals surface area contributed by atoms with E-state index in [9.17, 15) is 4.79 Å². The molecule has 3 nitrogen and oxygen atoms in total. The second kappa shape index (κ2) is 7.45. The maximum absolute atomic E-state index is 11.6. The van der Waals surface area contributed by atoms with Crippen LogP contribution in [0, 0.1) is 0 Å². The van der Waals surface area contributed by atoms with E-state index < -0.39 is 0 Å². The SMILES string of the molecule is CCC(C)NCC(=O)NC(C)Cc1ccsc1. The summed E-state index contributed by atoms with van der Waals surface area (Å²) >= 11 is 1.69. The van der Waals surface area contributed by atoms with E-state index in [1.54, 1.807) is 11.3 Å². The lowest BCUT2D eigenvalue weighted by molar-refractivity contribution is -0.120. The lowest BCUT2D eigenvalue weighted by Crippen LogP contribution is -2.42. The number of hydrogen-bond donors (Lipinski definition) is 2. The normalized spacial score (nSPS) is 14.3. The van der Waals surface area contributed by atoms with Crippen LogP contribution >= 0.6 is 11.3 Å². The summed E-state index contributed by atoms with van der Waals surface area (Å²) in [5.74, 6) is 0.0769. The van der Waals surface area contributed by atoms with Gasteiger partial charge in [0.15, 0.2) is 0 Å². The molecule has 1 heterocycles. The number of thiophene rings is 1. The van der Waals surface area contributed by atoms with Crippen molar-refractivity contribution in [2.24, 2.45) is 0 Å². The number of nitrogens with one attached hydrogen (secondary N) is 2. The fourth-order valence-corrected chi connectivity index (χ4v) is 2.23. The summed E-state index contributed by atoms with van der Waals surface area (Å²) < 4.78 is 0. The Morgan fingerprint density at radius 2 is 2.18 bits per heavy atom. The van der Waals surface area contributed by atoms with Gasteiger partial charge in [0.2, 0.25) is 5.91 Å². The molecule has 2 unspecified atom stereocenters. The maximum atomic E-state index is 11.6. The zero-order chi connectivity index (χ0) is 12.7. The van der Waals surface area contributed by atoms with Gasteiger partial charge in [-0.15, -0.1) is 0 Å². The Labute approximate surface area is 108 Å². The lowest BCUT2D eigenvalue weighted by atomic mass is 10.1. The van der Waals surface area contributed by atoms with Crippen molar-refractivity contribution in [3.05, 3.63) is 22.4 Å². The van der Waals surface area contributed by atoms with Crippen LogP contribution in [-0.4, -0.2) is 24.5 Å². The number of carbonyl (C=O) groups is 1. The van der Waals surface area contributed by atoms with Gasteiger partial charge in [-0.3, -0.25) is 4.79 Å². The number of amides is 1. The van der Waals surface area contributed by atoms with E-state index >= 15 is 0 Å². The van der Waals surface area contributed by atoms with Crippen LogP contribution in [0.5, 0.6) is 0 Å². The molecule has 1 aromatic heterocycles. The number of hydrogen-bond acceptors (Lipinski definition) is 3. The largest absolute Gasteiger partial charge is 0.352 e. The van der Waals surface area contributed by atoms with Crippen molar-refractivity contribution in [1.82, 2.24) is 10.6 Å². The highest BCUT2D eigenvalue weighted by Crippen LogP contribution is 2.08. The van der Waals surface area contributed by atoms with Crippen LogP contribution in [-0.2, 0) is 11.2 Å². The van der Waals surface area contributed by atoms with E-state index in [4.69, 9.17) is 0 Å². The molecule has 0 aliphatic heterocycles. The molecule has 0 bridgehead atoms. The standard InChI is InChI=1S/C13H22N2OS/c1-4-10(2)14-8-13(16)15-11(3)7-12-5-6-17-9-12/h5-6,9-11,14H,4,7-8H2,1-3H3,(H,15,16). The summed E-state index contributed by atoms with van der Waals surface area (Å²) in [7, 11) is 0. The van der Waals surface area contributed by atoms with Gasteiger partial charge in [0.1, 0.15) is 0 Å². The van der Waals surface area contributed by atoms with E-state index in [0.29, 0.717) is 12.6 Å². The smallest absolute Gasteiger partial charge is 0.234 e. The van der Waals surface area contributed by atoms with Crippen molar-refractivity contribution in [3.8, 4) is 0 Å². The Bertz CT molecular complexity index is 324. The summed E-state index contributed by atoms with van der Waals surface area (Å²) in [5.41, 5.74) is 1.29. The molecule has 0 saturated carbocycles. The molecule has 0 aliphatic carbocycles. The van der Waals surface area contributed by atoms with E-state index in [-0.39, 0.29) is 11.9 Å². The molecule has 1 rings (SSSR count). The average Bonchev–Trinajstić information content (AvgIpc) is 2.78. The number of rotatable bonds is 7. The van der Waals surface area contributed by atoms with Crippen molar-refractivity contribution >= 4 is 17.2 Å². The molecule has 4 heteroatoms. The quantitative estimate of drug-likeness (QED) is 0.783. The van der Waals surface area contributed by atoms with Gasteiger partial charge in [0.25, 0.3) is 0 Å². The van der Waals surface area contributed by atoms with Gasteiger partial charge < -0.3 is 10.6 Å². The van der Waals surface area contributed by atoms with Crippen molar-refractivity contribution in [2.75, 3.05) is 6.54 Å². The Morgan fingerprint density at radius 1 is 1.41 bits per heavy atom. The third kappa shape index (κ3) is 5.84. The third-order valence-corrected chi connectivity index (χ3v) is 3.48. The second-order valence-electron chi connectivity index (χ2n) is 4.49. The van der Waals surface area contributed by atoms with Crippen LogP contribution in [0.25, 0.3) is 0 Å². The molecule has 17 heavy (non-hydrogen) atoms. The molecule has 0 spiro atoms. The zero-order valence-corrected chi connectivity index (χ0v) is 11.6. The van der Waals surface area contributed by atoms with Crippen molar-refractivity contribution in [2.45, 2.75) is 45.7 Å². The zero-order valence-electron chi connectivity index (χ0n) is 10.8. The summed E-state index contributed by atoms with van der Waals surface area (Å²) in [5, 5.41) is 10.4. The predicted molar refractivity (Wildman–Crippen MR) is 73.4 cm³/mol. The molecule has 0 aliphatic rings. The van der Waals surface area contributed by atoms with Gasteiger partial charge in [-0.05, 0) is 49.1 Å². The molecular weight excluding hydrogens is 232 g/mol. The maximum Gasteiger partial charge on any atom is 0.234 e. The van der Waals surface area contributed by atoms with Gasteiger partial charge in [0, 0.05) is 12.1 Å². The Balaban J connectivity index is 2.21. The van der Waals surface area contributed by atoms with Crippen LogP contribution in [0.1, 0.15) is 32.8 Å². The first-order valence-electron chi connectivity index (χ1n) is 6.15. The summed E-state index contributed by atoms with van der Waals surface area (Å²) in [4.78, 5) is 11.6. The topological polar surface area (TPSA) is 41.1 Å². The highest BCUT2D eigenvalue weighted by Gasteiger charge is 2.09. The van der Waals surface area contributed by atoms with Crippen LogP contribution in [0.4, 0.5) is 0 Å². The summed E-state index contributed by atoms with van der Waals surface area (Å²) in [6.45, 7) is 6.64. The highest BCUT2D eigenvalue weighted by atomic mass is 32.1. The first-order chi connectivity index (χ1) is 8.11. The van der Waals surface area contributed by atoms with Crippen LogP contribution in [0.3, 0.4) is 0 Å². The minimum Gasteiger partial charge on any atom is -0.352 e. The summed E-state index contributed by atoms with van der Waals surface area (Å²) in [6.07, 6.45) is 1.94. The molecule has 1 amide bonds. The first-order valence-corrected chi connectivity index (χ1v) is 7.10. The fourth-order valence-electron chi connectivity index (χ4n) is 1.55.